The maximum absolute atomic E-state index is 10.0. The van der Waals surface area contributed by atoms with Gasteiger partial charge in [-0.3, -0.25) is 4.99 Å². The maximum Gasteiger partial charge on any atom is 0.198 e. The zero-order chi connectivity index (χ0) is 14.7. The van der Waals surface area contributed by atoms with E-state index in [1.165, 1.54) is 12.4 Å². The Balaban J connectivity index is 2.59. The number of aromatic hydroxyl groups is 1. The molecule has 0 amide bonds. The molecular weight excluding hydrogens is 278 g/mol. The zero-order valence-electron chi connectivity index (χ0n) is 11.1. The molecule has 2 heterocycles. The van der Waals surface area contributed by atoms with Gasteiger partial charge in [-0.05, 0) is 13.0 Å². The zero-order valence-corrected chi connectivity index (χ0v) is 11.8. The van der Waals surface area contributed by atoms with Crippen LogP contribution in [-0.4, -0.2) is 34.0 Å². The highest BCUT2D eigenvalue weighted by molar-refractivity contribution is 6.30. The number of fused-ring (bicyclic) bond motifs is 1. The predicted molar refractivity (Wildman–Crippen MR) is 81.7 cm³/mol. The summed E-state index contributed by atoms with van der Waals surface area (Å²) < 4.78 is 0. The van der Waals surface area contributed by atoms with E-state index in [-0.39, 0.29) is 5.88 Å². The molecule has 0 spiro atoms. The number of nitrogens with two attached hydrogens (primary N) is 1. The molecule has 7 heteroatoms. The van der Waals surface area contributed by atoms with Crippen molar-refractivity contribution in [2.45, 2.75) is 6.92 Å². The number of halogens is 1. The molecule has 0 radical (unpaired) electrons. The van der Waals surface area contributed by atoms with Crippen molar-refractivity contribution in [2.24, 2.45) is 15.7 Å². The van der Waals surface area contributed by atoms with E-state index in [0.29, 0.717) is 27.6 Å². The first kappa shape index (κ1) is 14.1. The number of aliphatic imine (C=N–C) groups is 2. The normalized spacial score (nSPS) is 13.6. The number of H-pyrrole nitrogens is 1. The summed E-state index contributed by atoms with van der Waals surface area (Å²) >= 11 is 5.89. The molecule has 0 aliphatic heterocycles. The number of aromatic amines is 1. The quantitative estimate of drug-likeness (QED) is 0.597. The highest BCUT2D eigenvalue weighted by Crippen LogP contribution is 2.29. The lowest BCUT2D eigenvalue weighted by Gasteiger charge is -2.01. The Labute approximate surface area is 120 Å². The van der Waals surface area contributed by atoms with Crippen molar-refractivity contribution >= 4 is 34.4 Å². The molecule has 0 bridgehead atoms. The first-order valence-electron chi connectivity index (χ1n) is 5.82. The van der Waals surface area contributed by atoms with Gasteiger partial charge in [0.2, 0.25) is 0 Å². The standard InChI is InChI=1S/C13H14ClN5O/c1-7(18-8(4-15)5-16-2)12-9-3-11(14)17-6-10(9)19-13(12)20/h3-6,19-20H,15H2,1-2H3. The van der Waals surface area contributed by atoms with E-state index in [4.69, 9.17) is 17.3 Å². The lowest BCUT2D eigenvalue weighted by atomic mass is 10.1. The summed E-state index contributed by atoms with van der Waals surface area (Å²) in [5, 5.41) is 11.1. The Bertz CT molecular complexity index is 730. The summed E-state index contributed by atoms with van der Waals surface area (Å²) in [7, 11) is 1.63. The van der Waals surface area contributed by atoms with Gasteiger partial charge in [-0.15, -0.1) is 0 Å². The average Bonchev–Trinajstić information content (AvgIpc) is 2.73. The summed E-state index contributed by atoms with van der Waals surface area (Å²) in [5.41, 5.74) is 7.81. The minimum atomic E-state index is 0.00938. The lowest BCUT2D eigenvalue weighted by Crippen LogP contribution is -1.98. The van der Waals surface area contributed by atoms with Crippen LogP contribution in [0.1, 0.15) is 12.5 Å². The second-order valence-corrected chi connectivity index (χ2v) is 4.46. The van der Waals surface area contributed by atoms with Gasteiger partial charge < -0.3 is 15.8 Å². The fourth-order valence-electron chi connectivity index (χ4n) is 1.91. The molecule has 0 unspecified atom stereocenters. The van der Waals surface area contributed by atoms with Gasteiger partial charge in [0.05, 0.1) is 28.7 Å². The van der Waals surface area contributed by atoms with Gasteiger partial charge in [0.15, 0.2) is 5.88 Å². The first-order chi connectivity index (χ1) is 9.56. The SMILES string of the molecule is CN=CC(=CN)N=C(C)c1c(O)[nH]c2cnc(Cl)cc12. The molecule has 20 heavy (non-hydrogen) atoms. The summed E-state index contributed by atoms with van der Waals surface area (Å²) in [6.07, 6.45) is 4.43. The van der Waals surface area contributed by atoms with Crippen molar-refractivity contribution in [3.05, 3.63) is 34.9 Å². The Morgan fingerprint density at radius 1 is 1.55 bits per heavy atom. The molecular formula is C13H14ClN5O. The number of hydrogen-bond donors (Lipinski definition) is 3. The first-order valence-corrected chi connectivity index (χ1v) is 6.20. The topological polar surface area (TPSA) is 99.6 Å². The van der Waals surface area contributed by atoms with Crippen LogP contribution in [0.4, 0.5) is 0 Å². The number of hydrogen-bond acceptors (Lipinski definition) is 5. The molecule has 4 N–H and O–H groups in total. The van der Waals surface area contributed by atoms with E-state index in [1.54, 1.807) is 26.2 Å². The van der Waals surface area contributed by atoms with Crippen LogP contribution in [0.15, 0.2) is 34.1 Å². The molecule has 0 aromatic carbocycles. The number of rotatable bonds is 3. The number of allylic oxidation sites excluding steroid dienone is 1. The van der Waals surface area contributed by atoms with Crippen molar-refractivity contribution in [2.75, 3.05) is 7.05 Å². The Morgan fingerprint density at radius 2 is 2.30 bits per heavy atom. The molecule has 6 nitrogen and oxygen atoms in total. The number of nitrogens with zero attached hydrogens (tertiary/aromatic N) is 3. The molecule has 2 aromatic heterocycles. The molecule has 0 saturated heterocycles. The molecule has 0 aliphatic rings. The smallest absolute Gasteiger partial charge is 0.198 e. The van der Waals surface area contributed by atoms with Gasteiger partial charge in [-0.1, -0.05) is 11.6 Å². The molecule has 2 aromatic rings. The third-order valence-corrected chi connectivity index (χ3v) is 2.93. The number of aromatic nitrogens is 2. The van der Waals surface area contributed by atoms with Crippen molar-refractivity contribution in [3.63, 3.8) is 0 Å². The van der Waals surface area contributed by atoms with Crippen LogP contribution in [0.25, 0.3) is 10.9 Å². The fraction of sp³-hybridized carbons (Fsp3) is 0.154. The monoisotopic (exact) mass is 291 g/mol. The van der Waals surface area contributed by atoms with Crippen LogP contribution in [0.5, 0.6) is 5.88 Å². The summed E-state index contributed by atoms with van der Waals surface area (Å²) in [6.45, 7) is 1.77. The van der Waals surface area contributed by atoms with Gasteiger partial charge in [-0.25, -0.2) is 9.98 Å². The predicted octanol–water partition coefficient (Wildman–Crippen LogP) is 2.23. The van der Waals surface area contributed by atoms with E-state index in [1.807, 2.05) is 0 Å². The van der Waals surface area contributed by atoms with Gasteiger partial charge in [-0.2, -0.15) is 0 Å². The van der Waals surface area contributed by atoms with E-state index < -0.39 is 0 Å². The minimum absolute atomic E-state index is 0.00938. The Hall–Kier alpha value is -2.34. The van der Waals surface area contributed by atoms with Gasteiger partial charge in [0.1, 0.15) is 5.15 Å². The van der Waals surface area contributed by atoms with E-state index in [0.717, 1.165) is 5.39 Å². The van der Waals surface area contributed by atoms with E-state index in [9.17, 15) is 5.11 Å². The Morgan fingerprint density at radius 3 is 2.95 bits per heavy atom. The number of pyridine rings is 1. The summed E-state index contributed by atoms with van der Waals surface area (Å²) in [6, 6.07) is 1.67. The van der Waals surface area contributed by atoms with Crippen molar-refractivity contribution in [1.29, 1.82) is 0 Å². The largest absolute Gasteiger partial charge is 0.494 e. The van der Waals surface area contributed by atoms with Gasteiger partial charge in [0, 0.05) is 24.8 Å². The number of nitrogens with one attached hydrogen (secondary N) is 1. The molecule has 0 fully saturated rings. The fourth-order valence-corrected chi connectivity index (χ4v) is 2.07. The summed E-state index contributed by atoms with van der Waals surface area (Å²) in [4.78, 5) is 15.0. The van der Waals surface area contributed by atoms with E-state index in [2.05, 4.69) is 20.0 Å². The molecule has 104 valence electrons. The Kier molecular flexibility index (Phi) is 4.05. The van der Waals surface area contributed by atoms with Crippen LogP contribution in [0, 0.1) is 0 Å². The average molecular weight is 292 g/mol. The van der Waals surface area contributed by atoms with Crippen LogP contribution < -0.4 is 5.73 Å². The molecule has 0 atom stereocenters. The highest BCUT2D eigenvalue weighted by Gasteiger charge is 2.14. The molecule has 0 saturated carbocycles. The van der Waals surface area contributed by atoms with Crippen molar-refractivity contribution in [1.82, 2.24) is 9.97 Å². The second kappa shape index (κ2) is 5.75. The second-order valence-electron chi connectivity index (χ2n) is 4.08. The maximum atomic E-state index is 10.0. The van der Waals surface area contributed by atoms with Crippen molar-refractivity contribution < 1.29 is 5.11 Å². The van der Waals surface area contributed by atoms with Gasteiger partial charge >= 0.3 is 0 Å². The lowest BCUT2D eigenvalue weighted by molar-refractivity contribution is 0.457. The van der Waals surface area contributed by atoms with Crippen LogP contribution in [0.3, 0.4) is 0 Å². The minimum Gasteiger partial charge on any atom is -0.494 e. The third-order valence-electron chi connectivity index (χ3n) is 2.72. The van der Waals surface area contributed by atoms with Crippen LogP contribution >= 0.6 is 11.6 Å². The highest BCUT2D eigenvalue weighted by atomic mass is 35.5. The summed E-state index contributed by atoms with van der Waals surface area (Å²) in [5.74, 6) is 0.00938. The van der Waals surface area contributed by atoms with Crippen LogP contribution in [-0.2, 0) is 0 Å². The van der Waals surface area contributed by atoms with Gasteiger partial charge in [0.25, 0.3) is 0 Å². The molecule has 2 rings (SSSR count). The molecule has 0 aliphatic carbocycles. The van der Waals surface area contributed by atoms with E-state index >= 15 is 0 Å². The van der Waals surface area contributed by atoms with Crippen molar-refractivity contribution in [3.8, 4) is 5.88 Å². The van der Waals surface area contributed by atoms with Crippen LogP contribution in [0.2, 0.25) is 5.15 Å². The third kappa shape index (κ3) is 2.65.